The zero-order chi connectivity index (χ0) is 28.5. The van der Waals surface area contributed by atoms with Gasteiger partial charge in [-0.25, -0.2) is 19.2 Å². The van der Waals surface area contributed by atoms with Crippen LogP contribution >= 0.6 is 11.8 Å². The number of anilines is 1. The topological polar surface area (TPSA) is 107 Å². The molecule has 4 heterocycles. The minimum absolute atomic E-state index is 0.0262. The van der Waals surface area contributed by atoms with Gasteiger partial charge in [-0.15, -0.1) is 11.8 Å². The van der Waals surface area contributed by atoms with E-state index in [-0.39, 0.29) is 22.4 Å². The number of ether oxygens (including phenoxy) is 1. The first-order valence-electron chi connectivity index (χ1n) is 11.9. The van der Waals surface area contributed by atoms with Crippen LogP contribution in [0.25, 0.3) is 5.82 Å². The van der Waals surface area contributed by atoms with Crippen LogP contribution in [0, 0.1) is 12.7 Å². The van der Waals surface area contributed by atoms with Crippen molar-refractivity contribution in [1.82, 2.24) is 29.2 Å². The van der Waals surface area contributed by atoms with E-state index in [1.54, 1.807) is 43.6 Å². The Kier molecular flexibility index (Phi) is 7.91. The predicted octanol–water partition coefficient (Wildman–Crippen LogP) is 4.59. The molecule has 10 nitrogen and oxygen atoms in total. The van der Waals surface area contributed by atoms with Crippen LogP contribution in [0.5, 0.6) is 0 Å². The number of hydrogen-bond donors (Lipinski definition) is 1. The predicted molar refractivity (Wildman–Crippen MR) is 135 cm³/mol. The lowest BCUT2D eigenvalue weighted by Crippen LogP contribution is -2.42. The lowest BCUT2D eigenvalue weighted by Gasteiger charge is -2.33. The van der Waals surface area contributed by atoms with Crippen LogP contribution in [0.2, 0.25) is 0 Å². The second-order valence-corrected chi connectivity index (χ2v) is 11.2. The quantitative estimate of drug-likeness (QED) is 0.448. The molecule has 1 aliphatic heterocycles. The Morgan fingerprint density at radius 1 is 1.21 bits per heavy atom. The molecule has 0 radical (unpaired) electrons. The third-order valence-electron chi connectivity index (χ3n) is 5.57. The number of pyridine rings is 1. The van der Waals surface area contributed by atoms with Crippen LogP contribution in [-0.4, -0.2) is 65.7 Å². The third kappa shape index (κ3) is 7.07. The number of nitrogens with one attached hydrogen (secondary N) is 1. The minimum atomic E-state index is -4.63. The van der Waals surface area contributed by atoms with Gasteiger partial charge in [0.05, 0.1) is 22.8 Å². The zero-order valence-corrected chi connectivity index (χ0v) is 22.4. The van der Waals surface area contributed by atoms with E-state index in [9.17, 15) is 27.2 Å². The van der Waals surface area contributed by atoms with Crippen molar-refractivity contribution in [1.29, 1.82) is 0 Å². The summed E-state index contributed by atoms with van der Waals surface area (Å²) >= 11 is 1.63. The van der Waals surface area contributed by atoms with Crippen molar-refractivity contribution in [3.63, 3.8) is 0 Å². The molecule has 1 unspecified atom stereocenters. The molecule has 1 atom stereocenters. The number of nitrogens with zero attached hydrogens (tertiary/aromatic N) is 6. The number of hydrogen-bond acceptors (Lipinski definition) is 7. The summed E-state index contributed by atoms with van der Waals surface area (Å²) in [5, 5.41) is 5.68. The van der Waals surface area contributed by atoms with Gasteiger partial charge in [0.2, 0.25) is 5.91 Å². The molecule has 0 spiro atoms. The van der Waals surface area contributed by atoms with Gasteiger partial charge in [-0.1, -0.05) is 0 Å². The van der Waals surface area contributed by atoms with Gasteiger partial charge in [-0.3, -0.25) is 14.0 Å². The summed E-state index contributed by atoms with van der Waals surface area (Å²) in [6.07, 6.45) is -0.771. The van der Waals surface area contributed by atoms with Crippen molar-refractivity contribution in [2.24, 2.45) is 0 Å². The second kappa shape index (κ2) is 10.9. The highest BCUT2D eigenvalue weighted by molar-refractivity contribution is 7.99. The van der Waals surface area contributed by atoms with Crippen LogP contribution in [0.1, 0.15) is 43.1 Å². The van der Waals surface area contributed by atoms with Crippen molar-refractivity contribution in [3.8, 4) is 5.82 Å². The Labute approximate surface area is 225 Å². The van der Waals surface area contributed by atoms with Crippen molar-refractivity contribution in [3.05, 3.63) is 53.8 Å². The van der Waals surface area contributed by atoms with E-state index in [1.165, 1.54) is 24.0 Å². The number of aryl methyl sites for hydroxylation is 1. The number of alkyl halides is 3. The Morgan fingerprint density at radius 2 is 1.95 bits per heavy atom. The number of carbonyl (C=O) groups excluding carboxylic acids is 2. The molecule has 15 heteroatoms. The molecule has 3 aromatic heterocycles. The molecule has 4 rings (SSSR count). The first-order valence-corrected chi connectivity index (χ1v) is 13.0. The fourth-order valence-electron chi connectivity index (χ4n) is 3.77. The van der Waals surface area contributed by atoms with Crippen LogP contribution in [0.15, 0.2) is 30.9 Å². The summed E-state index contributed by atoms with van der Waals surface area (Å²) in [6, 6.07) is 1.89. The largest absolute Gasteiger partial charge is 0.444 e. The molecule has 210 valence electrons. The molecular weight excluding hydrogens is 542 g/mol. The maximum absolute atomic E-state index is 14.9. The zero-order valence-electron chi connectivity index (χ0n) is 21.6. The molecular formula is C24H27F4N7O3S. The Morgan fingerprint density at radius 3 is 2.59 bits per heavy atom. The van der Waals surface area contributed by atoms with Crippen molar-refractivity contribution in [2.45, 2.75) is 51.3 Å². The molecule has 2 amide bonds. The van der Waals surface area contributed by atoms with E-state index in [1.807, 2.05) is 0 Å². The summed E-state index contributed by atoms with van der Waals surface area (Å²) in [5.41, 5.74) is -0.896. The van der Waals surface area contributed by atoms with Crippen molar-refractivity contribution < 1.29 is 31.9 Å². The molecule has 0 aliphatic carbocycles. The Balaban J connectivity index is 1.40. The van der Waals surface area contributed by atoms with E-state index < -0.39 is 41.8 Å². The van der Waals surface area contributed by atoms with Gasteiger partial charge in [0, 0.05) is 36.8 Å². The third-order valence-corrected chi connectivity index (χ3v) is 6.78. The second-order valence-electron chi connectivity index (χ2n) is 9.90. The van der Waals surface area contributed by atoms with Crippen LogP contribution in [0.3, 0.4) is 0 Å². The average Bonchev–Trinajstić information content (AvgIpc) is 3.45. The van der Waals surface area contributed by atoms with Gasteiger partial charge in [0.15, 0.2) is 17.3 Å². The first-order chi connectivity index (χ1) is 18.2. The lowest BCUT2D eigenvalue weighted by molar-refractivity contribution is -0.141. The summed E-state index contributed by atoms with van der Waals surface area (Å²) in [6.45, 7) is 7.24. The van der Waals surface area contributed by atoms with Gasteiger partial charge in [-0.05, 0) is 33.8 Å². The average molecular weight is 570 g/mol. The molecule has 1 aliphatic rings. The van der Waals surface area contributed by atoms with Gasteiger partial charge in [-0.2, -0.15) is 18.3 Å². The number of carbonyl (C=O) groups is 2. The molecule has 1 N–H and O–H groups in total. The standard InChI is InChI=1S/C24H27F4N7O3S/c1-14-7-19(24(26,27)28)32-35(14)12-20(36)31-15-8-16(25)21(29-9-15)34-10-17(30-13-34)18-11-33(5-6-39-18)22(37)38-23(2,3)4/h7-10,13,18H,5-6,11-12H2,1-4H3,(H,31,36). The van der Waals surface area contributed by atoms with Gasteiger partial charge < -0.3 is 15.0 Å². The van der Waals surface area contributed by atoms with Gasteiger partial charge >= 0.3 is 12.3 Å². The number of amides is 2. The number of rotatable bonds is 5. The molecule has 0 aromatic carbocycles. The van der Waals surface area contributed by atoms with Gasteiger partial charge in [0.25, 0.3) is 0 Å². The Bertz CT molecular complexity index is 1370. The summed E-state index contributed by atoms with van der Waals surface area (Å²) in [7, 11) is 0. The van der Waals surface area contributed by atoms with Gasteiger partial charge in [0.1, 0.15) is 18.5 Å². The maximum Gasteiger partial charge on any atom is 0.435 e. The highest BCUT2D eigenvalue weighted by Crippen LogP contribution is 2.33. The summed E-state index contributed by atoms with van der Waals surface area (Å²) in [5.74, 6) is -0.821. The van der Waals surface area contributed by atoms with E-state index in [0.717, 1.165) is 16.8 Å². The van der Waals surface area contributed by atoms with E-state index in [2.05, 4.69) is 20.4 Å². The first kappa shape index (κ1) is 28.4. The number of imidazole rings is 1. The van der Waals surface area contributed by atoms with E-state index in [0.29, 0.717) is 24.5 Å². The minimum Gasteiger partial charge on any atom is -0.444 e. The van der Waals surface area contributed by atoms with Crippen LogP contribution < -0.4 is 5.32 Å². The lowest BCUT2D eigenvalue weighted by atomic mass is 10.2. The molecule has 1 saturated heterocycles. The van der Waals surface area contributed by atoms with E-state index >= 15 is 0 Å². The maximum atomic E-state index is 14.9. The SMILES string of the molecule is Cc1cc(C(F)(F)F)nn1CC(=O)Nc1cnc(-n2cnc(C3CN(C(=O)OC(C)(C)C)CCS3)c2)c(F)c1. The summed E-state index contributed by atoms with van der Waals surface area (Å²) < 4.78 is 61.2. The molecule has 3 aromatic rings. The molecule has 0 bridgehead atoms. The smallest absolute Gasteiger partial charge is 0.435 e. The molecule has 0 saturated carbocycles. The Hall–Kier alpha value is -3.62. The summed E-state index contributed by atoms with van der Waals surface area (Å²) in [4.78, 5) is 34.9. The van der Waals surface area contributed by atoms with Crippen LogP contribution in [-0.2, 0) is 22.3 Å². The number of thioether (sulfide) groups is 1. The highest BCUT2D eigenvalue weighted by atomic mass is 32.2. The fraction of sp³-hybridized carbons (Fsp3) is 0.458. The molecule has 1 fully saturated rings. The normalized spacial score (nSPS) is 16.3. The molecule has 39 heavy (non-hydrogen) atoms. The number of halogens is 4. The number of aromatic nitrogens is 5. The monoisotopic (exact) mass is 569 g/mol. The van der Waals surface area contributed by atoms with Crippen molar-refractivity contribution >= 4 is 29.4 Å². The van der Waals surface area contributed by atoms with Crippen LogP contribution in [0.4, 0.5) is 28.0 Å². The van der Waals surface area contributed by atoms with Crippen molar-refractivity contribution in [2.75, 3.05) is 24.2 Å². The van der Waals surface area contributed by atoms with E-state index in [4.69, 9.17) is 4.74 Å². The highest BCUT2D eigenvalue weighted by Gasteiger charge is 2.34. The fourth-order valence-corrected chi connectivity index (χ4v) is 4.96.